The van der Waals surface area contributed by atoms with E-state index in [0.29, 0.717) is 10.0 Å². The molecule has 0 saturated carbocycles. The molecule has 14 heavy (non-hydrogen) atoms. The third-order valence-corrected chi connectivity index (χ3v) is 2.72. The number of anilines is 1. The number of benzene rings is 1. The van der Waals surface area contributed by atoms with Gasteiger partial charge in [0.15, 0.2) is 0 Å². The highest BCUT2D eigenvalue weighted by Crippen LogP contribution is 2.29. The zero-order valence-corrected chi connectivity index (χ0v) is 9.41. The summed E-state index contributed by atoms with van der Waals surface area (Å²) in [6, 6.07) is 5.56. The van der Waals surface area contributed by atoms with Gasteiger partial charge < -0.3 is 11.1 Å². The van der Waals surface area contributed by atoms with Gasteiger partial charge in [0.05, 0.1) is 15.7 Å². The molecule has 2 nitrogen and oxygen atoms in total. The predicted octanol–water partition coefficient (Wildman–Crippen LogP) is 3.14. The zero-order valence-electron chi connectivity index (χ0n) is 7.89. The van der Waals surface area contributed by atoms with Crippen LogP contribution in [0.5, 0.6) is 0 Å². The first-order chi connectivity index (χ1) is 6.75. The van der Waals surface area contributed by atoms with Crippen molar-refractivity contribution in [2.45, 2.75) is 12.8 Å². The summed E-state index contributed by atoms with van der Waals surface area (Å²) in [6.07, 6.45) is 2.06. The third-order valence-electron chi connectivity index (χ3n) is 1.90. The largest absolute Gasteiger partial charge is 0.384 e. The Morgan fingerprint density at radius 3 is 2.71 bits per heavy atom. The summed E-state index contributed by atoms with van der Waals surface area (Å²) in [4.78, 5) is 0. The minimum absolute atomic E-state index is 0.579. The van der Waals surface area contributed by atoms with E-state index >= 15 is 0 Å². The van der Waals surface area contributed by atoms with Gasteiger partial charge in [-0.15, -0.1) is 0 Å². The molecule has 0 radical (unpaired) electrons. The van der Waals surface area contributed by atoms with Gasteiger partial charge in [0.25, 0.3) is 0 Å². The number of hydrogen-bond donors (Lipinski definition) is 2. The summed E-state index contributed by atoms with van der Waals surface area (Å²) in [6.45, 7) is 1.60. The summed E-state index contributed by atoms with van der Waals surface area (Å²) >= 11 is 11.8. The van der Waals surface area contributed by atoms with Crippen molar-refractivity contribution in [2.24, 2.45) is 5.73 Å². The van der Waals surface area contributed by atoms with Crippen LogP contribution < -0.4 is 11.1 Å². The van der Waals surface area contributed by atoms with Gasteiger partial charge in [-0.2, -0.15) is 0 Å². The second kappa shape index (κ2) is 6.12. The van der Waals surface area contributed by atoms with Crippen molar-refractivity contribution in [3.05, 3.63) is 28.2 Å². The van der Waals surface area contributed by atoms with Crippen LogP contribution in [0.15, 0.2) is 18.2 Å². The minimum atomic E-state index is 0.579. The molecule has 0 fully saturated rings. The van der Waals surface area contributed by atoms with Crippen molar-refractivity contribution >= 4 is 28.9 Å². The molecule has 1 aromatic rings. The van der Waals surface area contributed by atoms with E-state index in [9.17, 15) is 0 Å². The van der Waals surface area contributed by atoms with Crippen LogP contribution in [0.4, 0.5) is 5.69 Å². The van der Waals surface area contributed by atoms with Crippen LogP contribution in [-0.4, -0.2) is 13.1 Å². The van der Waals surface area contributed by atoms with Crippen molar-refractivity contribution < 1.29 is 0 Å². The quantitative estimate of drug-likeness (QED) is 0.766. The van der Waals surface area contributed by atoms with Crippen LogP contribution in [0.2, 0.25) is 10.0 Å². The molecule has 0 saturated heterocycles. The normalized spacial score (nSPS) is 10.2. The van der Waals surface area contributed by atoms with E-state index in [2.05, 4.69) is 5.32 Å². The van der Waals surface area contributed by atoms with Gasteiger partial charge in [0.1, 0.15) is 0 Å². The molecule has 1 rings (SSSR count). The lowest BCUT2D eigenvalue weighted by Gasteiger charge is -2.08. The van der Waals surface area contributed by atoms with Gasteiger partial charge in [-0.1, -0.05) is 29.3 Å². The Labute approximate surface area is 94.4 Å². The van der Waals surface area contributed by atoms with Crippen LogP contribution in [0.3, 0.4) is 0 Å². The Balaban J connectivity index is 2.46. The van der Waals surface area contributed by atoms with E-state index in [1.165, 1.54) is 0 Å². The first-order valence-corrected chi connectivity index (χ1v) is 5.39. The molecule has 0 aromatic heterocycles. The fourth-order valence-electron chi connectivity index (χ4n) is 1.13. The van der Waals surface area contributed by atoms with Crippen molar-refractivity contribution in [3.63, 3.8) is 0 Å². The highest BCUT2D eigenvalue weighted by molar-refractivity contribution is 6.43. The van der Waals surface area contributed by atoms with Crippen LogP contribution in [0.1, 0.15) is 12.8 Å². The van der Waals surface area contributed by atoms with Crippen molar-refractivity contribution in [3.8, 4) is 0 Å². The lowest BCUT2D eigenvalue weighted by Crippen LogP contribution is -2.05. The molecule has 3 N–H and O–H groups in total. The van der Waals surface area contributed by atoms with Crippen LogP contribution in [0.25, 0.3) is 0 Å². The number of unbranched alkanes of at least 4 members (excludes halogenated alkanes) is 1. The maximum absolute atomic E-state index is 5.99. The van der Waals surface area contributed by atoms with E-state index in [-0.39, 0.29) is 0 Å². The van der Waals surface area contributed by atoms with Gasteiger partial charge in [-0.25, -0.2) is 0 Å². The van der Waals surface area contributed by atoms with Crippen LogP contribution in [0, 0.1) is 0 Å². The number of nitrogens with two attached hydrogens (primary N) is 1. The van der Waals surface area contributed by atoms with Crippen molar-refractivity contribution in [1.82, 2.24) is 0 Å². The Morgan fingerprint density at radius 2 is 2.00 bits per heavy atom. The molecule has 0 aliphatic carbocycles. The van der Waals surface area contributed by atoms with Gasteiger partial charge in [-0.3, -0.25) is 0 Å². The number of halogens is 2. The Kier molecular flexibility index (Phi) is 5.09. The zero-order chi connectivity index (χ0) is 10.4. The lowest BCUT2D eigenvalue weighted by atomic mass is 10.3. The maximum Gasteiger partial charge on any atom is 0.0823 e. The SMILES string of the molecule is NCCCCNc1cccc(Cl)c1Cl. The van der Waals surface area contributed by atoms with Gasteiger partial charge in [0.2, 0.25) is 0 Å². The lowest BCUT2D eigenvalue weighted by molar-refractivity contribution is 0.774. The molecule has 0 atom stereocenters. The van der Waals surface area contributed by atoms with Crippen molar-refractivity contribution in [1.29, 1.82) is 0 Å². The van der Waals surface area contributed by atoms with Gasteiger partial charge in [-0.05, 0) is 31.5 Å². The third kappa shape index (κ3) is 3.37. The van der Waals surface area contributed by atoms with Crippen molar-refractivity contribution in [2.75, 3.05) is 18.4 Å². The monoisotopic (exact) mass is 232 g/mol. The standard InChI is InChI=1S/C10H14Cl2N2/c11-8-4-3-5-9(10(8)12)14-7-2-1-6-13/h3-5,14H,1-2,6-7,13H2. The molecule has 78 valence electrons. The average molecular weight is 233 g/mol. The fraction of sp³-hybridized carbons (Fsp3) is 0.400. The first-order valence-electron chi connectivity index (χ1n) is 4.63. The molecule has 1 aromatic carbocycles. The Bertz CT molecular complexity index is 289. The topological polar surface area (TPSA) is 38.0 Å². The first kappa shape index (κ1) is 11.6. The van der Waals surface area contributed by atoms with E-state index < -0.39 is 0 Å². The molecule has 0 unspecified atom stereocenters. The van der Waals surface area contributed by atoms with E-state index in [0.717, 1.165) is 31.6 Å². The van der Waals surface area contributed by atoms with Gasteiger partial charge in [0, 0.05) is 6.54 Å². The van der Waals surface area contributed by atoms with Crippen LogP contribution >= 0.6 is 23.2 Å². The average Bonchev–Trinajstić information content (AvgIpc) is 2.19. The fourth-order valence-corrected chi connectivity index (χ4v) is 1.50. The van der Waals surface area contributed by atoms with E-state index in [1.54, 1.807) is 6.07 Å². The number of rotatable bonds is 5. The molecule has 0 heterocycles. The summed E-state index contributed by atoms with van der Waals surface area (Å²) < 4.78 is 0. The summed E-state index contributed by atoms with van der Waals surface area (Å²) in [5, 5.41) is 4.38. The Hall–Kier alpha value is -0.440. The molecule has 4 heteroatoms. The summed E-state index contributed by atoms with van der Waals surface area (Å²) in [5.41, 5.74) is 6.27. The molecule has 0 spiro atoms. The highest BCUT2D eigenvalue weighted by Gasteiger charge is 2.02. The molecule has 0 aliphatic rings. The molecule has 0 bridgehead atoms. The number of hydrogen-bond acceptors (Lipinski definition) is 2. The summed E-state index contributed by atoms with van der Waals surface area (Å²) in [5.74, 6) is 0. The molecule has 0 amide bonds. The maximum atomic E-state index is 5.99. The number of nitrogens with one attached hydrogen (secondary N) is 1. The molecular weight excluding hydrogens is 219 g/mol. The minimum Gasteiger partial charge on any atom is -0.384 e. The van der Waals surface area contributed by atoms with E-state index in [4.69, 9.17) is 28.9 Å². The second-order valence-electron chi connectivity index (χ2n) is 3.02. The molecule has 0 aliphatic heterocycles. The van der Waals surface area contributed by atoms with Crippen LogP contribution in [-0.2, 0) is 0 Å². The Morgan fingerprint density at radius 1 is 1.21 bits per heavy atom. The summed E-state index contributed by atoms with van der Waals surface area (Å²) in [7, 11) is 0. The molecular formula is C10H14Cl2N2. The second-order valence-corrected chi connectivity index (χ2v) is 3.81. The van der Waals surface area contributed by atoms with E-state index in [1.807, 2.05) is 12.1 Å². The predicted molar refractivity (Wildman–Crippen MR) is 63.2 cm³/mol. The highest BCUT2D eigenvalue weighted by atomic mass is 35.5. The smallest absolute Gasteiger partial charge is 0.0823 e. The van der Waals surface area contributed by atoms with Gasteiger partial charge >= 0.3 is 0 Å².